The third-order valence-corrected chi connectivity index (χ3v) is 2.19. The highest BCUT2D eigenvalue weighted by Crippen LogP contribution is 2.09. The Morgan fingerprint density at radius 3 is 2.53 bits per heavy atom. The summed E-state index contributed by atoms with van der Waals surface area (Å²) in [5, 5.41) is 2.73. The lowest BCUT2D eigenvalue weighted by atomic mass is 10.3. The number of rotatable bonds is 6. The predicted octanol–water partition coefficient (Wildman–Crippen LogP) is 1.95. The Morgan fingerprint density at radius 1 is 1.29 bits per heavy atom. The Kier molecular flexibility index (Phi) is 5.49. The largest absolute Gasteiger partial charge is 0.471 e. The van der Waals surface area contributed by atoms with Crippen LogP contribution < -0.4 is 10.1 Å². The van der Waals surface area contributed by atoms with E-state index in [-0.39, 0.29) is 12.1 Å². The Morgan fingerprint density at radius 2 is 1.94 bits per heavy atom. The van der Waals surface area contributed by atoms with Crippen molar-refractivity contribution in [3.05, 3.63) is 30.3 Å². The minimum atomic E-state index is -0.457. The number of amides is 1. The highest BCUT2D eigenvalue weighted by molar-refractivity contribution is 5.80. The summed E-state index contributed by atoms with van der Waals surface area (Å²) >= 11 is 0. The van der Waals surface area contributed by atoms with E-state index in [0.717, 1.165) is 5.75 Å². The molecule has 0 fully saturated rings. The fourth-order valence-electron chi connectivity index (χ4n) is 1.38. The second-order valence-corrected chi connectivity index (χ2v) is 3.68. The number of hydrogen-bond acceptors (Lipinski definition) is 3. The second-order valence-electron chi connectivity index (χ2n) is 3.68. The molecule has 0 aliphatic rings. The van der Waals surface area contributed by atoms with Crippen LogP contribution in [0.2, 0.25) is 0 Å². The average molecular weight is 237 g/mol. The summed E-state index contributed by atoms with van der Waals surface area (Å²) in [5.74, 6) is 0.555. The van der Waals surface area contributed by atoms with Crippen molar-refractivity contribution in [3.63, 3.8) is 0 Å². The van der Waals surface area contributed by atoms with E-state index >= 15 is 0 Å². The summed E-state index contributed by atoms with van der Waals surface area (Å²) in [6.45, 7) is 5.87. The van der Waals surface area contributed by atoms with Crippen LogP contribution in [0.3, 0.4) is 0 Å². The maximum absolute atomic E-state index is 11.6. The number of carbonyl (C=O) groups excluding carboxylic acids is 1. The van der Waals surface area contributed by atoms with E-state index in [0.29, 0.717) is 6.61 Å². The molecular weight excluding hydrogens is 218 g/mol. The van der Waals surface area contributed by atoms with Crippen molar-refractivity contribution in [2.75, 3.05) is 6.61 Å². The highest BCUT2D eigenvalue weighted by atomic mass is 16.5. The normalized spacial score (nSPS) is 13.8. The molecule has 4 nitrogen and oxygen atoms in total. The number of hydrogen-bond donors (Lipinski definition) is 1. The van der Waals surface area contributed by atoms with Gasteiger partial charge in [-0.15, -0.1) is 0 Å². The summed E-state index contributed by atoms with van der Waals surface area (Å²) in [5.41, 5.74) is 0. The molecule has 0 saturated heterocycles. The zero-order chi connectivity index (χ0) is 12.7. The smallest absolute Gasteiger partial charge is 0.251 e. The van der Waals surface area contributed by atoms with Gasteiger partial charge in [-0.2, -0.15) is 0 Å². The minimum Gasteiger partial charge on any atom is -0.471 e. The average Bonchev–Trinajstić information content (AvgIpc) is 2.30. The van der Waals surface area contributed by atoms with E-state index in [1.807, 2.05) is 37.3 Å². The van der Waals surface area contributed by atoms with E-state index in [9.17, 15) is 4.79 Å². The molecule has 0 heterocycles. The van der Waals surface area contributed by atoms with Gasteiger partial charge in [-0.25, -0.2) is 0 Å². The first-order valence-electron chi connectivity index (χ1n) is 5.77. The van der Waals surface area contributed by atoms with Gasteiger partial charge in [0.15, 0.2) is 6.23 Å². The van der Waals surface area contributed by atoms with Gasteiger partial charge in [-0.3, -0.25) is 4.79 Å². The van der Waals surface area contributed by atoms with Gasteiger partial charge in [-0.05, 0) is 32.9 Å². The second kappa shape index (κ2) is 6.91. The van der Waals surface area contributed by atoms with Crippen molar-refractivity contribution < 1.29 is 14.3 Å². The zero-order valence-electron chi connectivity index (χ0n) is 10.5. The summed E-state index contributed by atoms with van der Waals surface area (Å²) < 4.78 is 10.7. The van der Waals surface area contributed by atoms with Crippen LogP contribution in [0, 0.1) is 0 Å². The van der Waals surface area contributed by atoms with Gasteiger partial charge in [0.05, 0.1) is 0 Å². The standard InChI is InChI=1S/C13H19NO3/c1-4-16-10(2)13(15)14-11(3)17-12-8-6-5-7-9-12/h5-11H,4H2,1-3H3,(H,14,15). The van der Waals surface area contributed by atoms with Crippen LogP contribution >= 0.6 is 0 Å². The van der Waals surface area contributed by atoms with Gasteiger partial charge in [0, 0.05) is 6.61 Å². The van der Waals surface area contributed by atoms with Gasteiger partial charge in [0.2, 0.25) is 0 Å². The third-order valence-electron chi connectivity index (χ3n) is 2.19. The van der Waals surface area contributed by atoms with E-state index in [1.54, 1.807) is 13.8 Å². The molecule has 4 heteroatoms. The monoisotopic (exact) mass is 237 g/mol. The summed E-state index contributed by atoms with van der Waals surface area (Å²) in [6, 6.07) is 9.36. The minimum absolute atomic E-state index is 0.171. The topological polar surface area (TPSA) is 47.6 Å². The molecule has 1 aromatic rings. The fraction of sp³-hybridized carbons (Fsp3) is 0.462. The Labute approximate surface area is 102 Å². The van der Waals surface area contributed by atoms with Crippen molar-refractivity contribution in [2.24, 2.45) is 0 Å². The molecule has 0 spiro atoms. The van der Waals surface area contributed by atoms with Gasteiger partial charge in [0.1, 0.15) is 11.9 Å². The van der Waals surface area contributed by atoms with Gasteiger partial charge < -0.3 is 14.8 Å². The van der Waals surface area contributed by atoms with Crippen molar-refractivity contribution in [3.8, 4) is 5.75 Å². The third kappa shape index (κ3) is 4.87. The number of ether oxygens (including phenoxy) is 2. The van der Waals surface area contributed by atoms with Crippen molar-refractivity contribution >= 4 is 5.91 Å². The van der Waals surface area contributed by atoms with E-state index in [1.165, 1.54) is 0 Å². The lowest BCUT2D eigenvalue weighted by Gasteiger charge is -2.18. The molecule has 1 aromatic carbocycles. The molecule has 0 bridgehead atoms. The van der Waals surface area contributed by atoms with E-state index in [4.69, 9.17) is 9.47 Å². The molecular formula is C13H19NO3. The van der Waals surface area contributed by atoms with E-state index < -0.39 is 6.10 Å². The van der Waals surface area contributed by atoms with Gasteiger partial charge >= 0.3 is 0 Å². The molecule has 1 rings (SSSR count). The Hall–Kier alpha value is -1.55. The molecule has 2 unspecified atom stereocenters. The number of carbonyl (C=O) groups is 1. The van der Waals surface area contributed by atoms with Crippen molar-refractivity contribution in [1.29, 1.82) is 0 Å². The van der Waals surface area contributed by atoms with Crippen LogP contribution in [-0.2, 0) is 9.53 Å². The maximum Gasteiger partial charge on any atom is 0.251 e. The number of benzene rings is 1. The van der Waals surface area contributed by atoms with Crippen molar-refractivity contribution in [1.82, 2.24) is 5.32 Å². The molecule has 0 aliphatic heterocycles. The number of nitrogens with one attached hydrogen (secondary N) is 1. The van der Waals surface area contributed by atoms with E-state index in [2.05, 4.69) is 5.32 Å². The molecule has 2 atom stereocenters. The summed E-state index contributed by atoms with van der Waals surface area (Å²) in [6.07, 6.45) is -0.838. The molecule has 0 aromatic heterocycles. The molecule has 0 radical (unpaired) electrons. The highest BCUT2D eigenvalue weighted by Gasteiger charge is 2.15. The Bertz CT molecular complexity index is 340. The fourth-order valence-corrected chi connectivity index (χ4v) is 1.38. The first-order valence-corrected chi connectivity index (χ1v) is 5.77. The first kappa shape index (κ1) is 13.5. The summed E-state index contributed by atoms with van der Waals surface area (Å²) in [4.78, 5) is 11.6. The first-order chi connectivity index (χ1) is 8.13. The van der Waals surface area contributed by atoms with Crippen LogP contribution in [0.15, 0.2) is 30.3 Å². The predicted molar refractivity (Wildman–Crippen MR) is 65.8 cm³/mol. The zero-order valence-corrected chi connectivity index (χ0v) is 10.5. The maximum atomic E-state index is 11.6. The number of para-hydroxylation sites is 1. The SMILES string of the molecule is CCOC(C)C(=O)NC(C)Oc1ccccc1. The molecule has 1 amide bonds. The molecule has 17 heavy (non-hydrogen) atoms. The summed E-state index contributed by atoms with van der Waals surface area (Å²) in [7, 11) is 0. The van der Waals surface area contributed by atoms with Crippen molar-refractivity contribution in [2.45, 2.75) is 33.1 Å². The van der Waals surface area contributed by atoms with Crippen LogP contribution in [0.1, 0.15) is 20.8 Å². The quantitative estimate of drug-likeness (QED) is 0.769. The van der Waals surface area contributed by atoms with Gasteiger partial charge in [-0.1, -0.05) is 18.2 Å². The molecule has 94 valence electrons. The van der Waals surface area contributed by atoms with Gasteiger partial charge in [0.25, 0.3) is 5.91 Å². The Balaban J connectivity index is 2.39. The van der Waals surface area contributed by atoms with Crippen LogP contribution in [0.5, 0.6) is 5.75 Å². The van der Waals surface area contributed by atoms with Crippen LogP contribution in [0.4, 0.5) is 0 Å². The van der Waals surface area contributed by atoms with Crippen LogP contribution in [0.25, 0.3) is 0 Å². The van der Waals surface area contributed by atoms with Crippen LogP contribution in [-0.4, -0.2) is 24.8 Å². The lowest BCUT2D eigenvalue weighted by Crippen LogP contribution is -2.42. The lowest BCUT2D eigenvalue weighted by molar-refractivity contribution is -0.133. The molecule has 0 aliphatic carbocycles. The molecule has 1 N–H and O–H groups in total. The molecule has 0 saturated carbocycles.